The van der Waals surface area contributed by atoms with E-state index >= 15 is 0 Å². The van der Waals surface area contributed by atoms with Crippen molar-refractivity contribution in [3.63, 3.8) is 0 Å². The summed E-state index contributed by atoms with van der Waals surface area (Å²) in [5.41, 5.74) is 6.63. The van der Waals surface area contributed by atoms with Gasteiger partial charge in [0.15, 0.2) is 5.75 Å². The number of carbonyl (C=O) groups excluding carboxylic acids is 1. The van der Waals surface area contributed by atoms with Crippen molar-refractivity contribution in [1.29, 1.82) is 0 Å². The van der Waals surface area contributed by atoms with Gasteiger partial charge in [0.25, 0.3) is 5.91 Å². The third-order valence-corrected chi connectivity index (χ3v) is 1.91. The van der Waals surface area contributed by atoms with Gasteiger partial charge < -0.3 is 15.8 Å². The fourth-order valence-corrected chi connectivity index (χ4v) is 1.30. The van der Waals surface area contributed by atoms with Crippen LogP contribution in [0.5, 0.6) is 5.75 Å². The van der Waals surface area contributed by atoms with Gasteiger partial charge in [-0.25, -0.2) is 0 Å². The molecule has 1 aromatic rings. The molecule has 0 heterocycles. The number of anilines is 1. The summed E-state index contributed by atoms with van der Waals surface area (Å²) in [5, 5.41) is 2.79. The zero-order valence-electron chi connectivity index (χ0n) is 9.20. The molecule has 82 valence electrons. The minimum atomic E-state index is -0.172. The van der Waals surface area contributed by atoms with Gasteiger partial charge in [-0.3, -0.25) is 4.79 Å². The third-order valence-electron chi connectivity index (χ3n) is 1.91. The molecule has 3 N–H and O–H groups in total. The largest absolute Gasteiger partial charge is 0.494 e. The highest BCUT2D eigenvalue weighted by molar-refractivity contribution is 5.98. The molecule has 4 nitrogen and oxygen atoms in total. The minimum Gasteiger partial charge on any atom is -0.494 e. The lowest BCUT2D eigenvalue weighted by molar-refractivity contribution is 0.0940. The molecule has 0 aliphatic heterocycles. The van der Waals surface area contributed by atoms with Gasteiger partial charge in [-0.15, -0.1) is 0 Å². The fraction of sp³-hybridized carbons (Fsp3) is 0.364. The van der Waals surface area contributed by atoms with Crippen molar-refractivity contribution in [3.05, 3.63) is 23.8 Å². The summed E-state index contributed by atoms with van der Waals surface area (Å²) in [6, 6.07) is 5.20. The molecule has 0 fully saturated rings. The van der Waals surface area contributed by atoms with Crippen LogP contribution in [-0.4, -0.2) is 19.1 Å². The highest BCUT2D eigenvalue weighted by Gasteiger charge is 2.14. The van der Waals surface area contributed by atoms with Gasteiger partial charge in [0, 0.05) is 6.04 Å². The Kier molecular flexibility index (Phi) is 3.55. The van der Waals surface area contributed by atoms with Crippen LogP contribution in [0.15, 0.2) is 18.2 Å². The number of methoxy groups -OCH3 is 1. The Morgan fingerprint density at radius 1 is 1.47 bits per heavy atom. The van der Waals surface area contributed by atoms with E-state index in [0.29, 0.717) is 17.0 Å². The average Bonchev–Trinajstić information content (AvgIpc) is 2.16. The summed E-state index contributed by atoms with van der Waals surface area (Å²) in [6.07, 6.45) is 0. The Morgan fingerprint density at radius 3 is 2.67 bits per heavy atom. The van der Waals surface area contributed by atoms with Crippen LogP contribution in [0.4, 0.5) is 5.69 Å². The molecule has 15 heavy (non-hydrogen) atoms. The maximum Gasteiger partial charge on any atom is 0.255 e. The first-order valence-electron chi connectivity index (χ1n) is 4.79. The average molecular weight is 208 g/mol. The van der Waals surface area contributed by atoms with Crippen LogP contribution in [0.2, 0.25) is 0 Å². The number of nitrogen functional groups attached to an aromatic ring is 1. The fourth-order valence-electron chi connectivity index (χ4n) is 1.30. The van der Waals surface area contributed by atoms with E-state index in [1.165, 1.54) is 7.11 Å². The number of para-hydroxylation sites is 1. The zero-order chi connectivity index (χ0) is 11.4. The topological polar surface area (TPSA) is 64.3 Å². The zero-order valence-corrected chi connectivity index (χ0v) is 9.20. The number of hydrogen-bond acceptors (Lipinski definition) is 3. The van der Waals surface area contributed by atoms with Crippen molar-refractivity contribution in [1.82, 2.24) is 5.32 Å². The van der Waals surface area contributed by atoms with Gasteiger partial charge in [-0.2, -0.15) is 0 Å². The van der Waals surface area contributed by atoms with E-state index in [1.807, 2.05) is 13.8 Å². The van der Waals surface area contributed by atoms with Gasteiger partial charge >= 0.3 is 0 Å². The van der Waals surface area contributed by atoms with E-state index in [1.54, 1.807) is 18.2 Å². The molecule has 0 unspecified atom stereocenters. The molecule has 0 bridgehead atoms. The smallest absolute Gasteiger partial charge is 0.255 e. The van der Waals surface area contributed by atoms with Gasteiger partial charge in [0.1, 0.15) is 0 Å². The van der Waals surface area contributed by atoms with E-state index in [-0.39, 0.29) is 11.9 Å². The second kappa shape index (κ2) is 4.68. The molecule has 0 radical (unpaired) electrons. The second-order valence-corrected chi connectivity index (χ2v) is 3.56. The molecule has 1 rings (SSSR count). The van der Waals surface area contributed by atoms with Crippen molar-refractivity contribution in [2.45, 2.75) is 19.9 Å². The van der Waals surface area contributed by atoms with Crippen LogP contribution in [0.1, 0.15) is 24.2 Å². The maximum atomic E-state index is 11.7. The van der Waals surface area contributed by atoms with Gasteiger partial charge in [-0.1, -0.05) is 6.07 Å². The number of hydrogen-bond donors (Lipinski definition) is 2. The van der Waals surface area contributed by atoms with E-state index in [0.717, 1.165) is 0 Å². The first kappa shape index (κ1) is 11.4. The lowest BCUT2D eigenvalue weighted by Crippen LogP contribution is -2.30. The Bertz CT molecular complexity index is 362. The number of nitrogens with two attached hydrogens (primary N) is 1. The van der Waals surface area contributed by atoms with Gasteiger partial charge in [0.2, 0.25) is 0 Å². The molecular formula is C11H16N2O2. The van der Waals surface area contributed by atoms with E-state index < -0.39 is 0 Å². The predicted molar refractivity (Wildman–Crippen MR) is 60.0 cm³/mol. The van der Waals surface area contributed by atoms with Crippen LogP contribution in [0.3, 0.4) is 0 Å². The van der Waals surface area contributed by atoms with Crippen molar-refractivity contribution in [2.24, 2.45) is 0 Å². The van der Waals surface area contributed by atoms with E-state index in [9.17, 15) is 4.79 Å². The van der Waals surface area contributed by atoms with Crippen molar-refractivity contribution >= 4 is 11.6 Å². The van der Waals surface area contributed by atoms with Gasteiger partial charge in [-0.05, 0) is 26.0 Å². The lowest BCUT2D eigenvalue weighted by atomic mass is 10.1. The van der Waals surface area contributed by atoms with Gasteiger partial charge in [0.05, 0.1) is 18.4 Å². The van der Waals surface area contributed by atoms with Crippen LogP contribution >= 0.6 is 0 Å². The molecular weight excluding hydrogens is 192 g/mol. The number of ether oxygens (including phenoxy) is 1. The number of rotatable bonds is 3. The number of carbonyl (C=O) groups is 1. The summed E-state index contributed by atoms with van der Waals surface area (Å²) in [4.78, 5) is 11.7. The molecule has 1 amide bonds. The summed E-state index contributed by atoms with van der Waals surface area (Å²) in [7, 11) is 1.50. The van der Waals surface area contributed by atoms with Crippen molar-refractivity contribution in [3.8, 4) is 5.75 Å². The quantitative estimate of drug-likeness (QED) is 0.738. The number of amides is 1. The molecule has 0 saturated carbocycles. The summed E-state index contributed by atoms with van der Waals surface area (Å²) < 4.78 is 5.09. The Morgan fingerprint density at radius 2 is 2.13 bits per heavy atom. The van der Waals surface area contributed by atoms with Crippen molar-refractivity contribution in [2.75, 3.05) is 12.8 Å². The Labute approximate surface area is 89.4 Å². The lowest BCUT2D eigenvalue weighted by Gasteiger charge is -2.12. The highest BCUT2D eigenvalue weighted by atomic mass is 16.5. The molecule has 1 aromatic carbocycles. The van der Waals surface area contributed by atoms with Crippen LogP contribution in [0.25, 0.3) is 0 Å². The summed E-state index contributed by atoms with van der Waals surface area (Å²) >= 11 is 0. The maximum absolute atomic E-state index is 11.7. The second-order valence-electron chi connectivity index (χ2n) is 3.56. The number of benzene rings is 1. The van der Waals surface area contributed by atoms with E-state index in [2.05, 4.69) is 5.32 Å². The van der Waals surface area contributed by atoms with Crippen LogP contribution in [-0.2, 0) is 0 Å². The summed E-state index contributed by atoms with van der Waals surface area (Å²) in [5.74, 6) is 0.254. The molecule has 0 atom stereocenters. The predicted octanol–water partition coefficient (Wildman–Crippen LogP) is 1.42. The Balaban J connectivity index is 3.03. The van der Waals surface area contributed by atoms with Crippen molar-refractivity contribution < 1.29 is 9.53 Å². The molecule has 0 saturated heterocycles. The molecule has 0 spiro atoms. The monoisotopic (exact) mass is 208 g/mol. The van der Waals surface area contributed by atoms with Crippen LogP contribution in [0, 0.1) is 0 Å². The molecule has 0 aliphatic rings. The third kappa shape index (κ3) is 2.62. The van der Waals surface area contributed by atoms with Crippen LogP contribution < -0.4 is 15.8 Å². The Hall–Kier alpha value is -1.71. The molecule has 0 aromatic heterocycles. The van der Waals surface area contributed by atoms with E-state index in [4.69, 9.17) is 10.5 Å². The highest BCUT2D eigenvalue weighted by Crippen LogP contribution is 2.25. The number of nitrogens with one attached hydrogen (secondary N) is 1. The standard InChI is InChI=1S/C11H16N2O2/c1-7(2)13-11(14)8-5-4-6-9(12)10(8)15-3/h4-7H,12H2,1-3H3,(H,13,14). The molecule has 0 aliphatic carbocycles. The minimum absolute atomic E-state index is 0.0867. The first-order chi connectivity index (χ1) is 7.06. The SMILES string of the molecule is COc1c(N)cccc1C(=O)NC(C)C. The summed E-state index contributed by atoms with van der Waals surface area (Å²) in [6.45, 7) is 3.80. The normalized spacial score (nSPS) is 10.1. The molecule has 4 heteroatoms. The first-order valence-corrected chi connectivity index (χ1v) is 4.79.